The smallest absolute Gasteiger partial charge is 0.124 e. The normalized spacial score (nSPS) is 10.8. The lowest BCUT2D eigenvalue weighted by Gasteiger charge is -2.19. The average molecular weight is 299 g/mol. The van der Waals surface area contributed by atoms with Crippen LogP contribution in [0.1, 0.15) is 16.7 Å². The summed E-state index contributed by atoms with van der Waals surface area (Å²) in [6.45, 7) is 6.67. The van der Waals surface area contributed by atoms with Gasteiger partial charge in [0.2, 0.25) is 0 Å². The van der Waals surface area contributed by atoms with Crippen molar-refractivity contribution in [1.29, 1.82) is 0 Å². The van der Waals surface area contributed by atoms with Crippen LogP contribution in [0, 0.1) is 13.8 Å². The van der Waals surface area contributed by atoms with Crippen LogP contribution in [0.25, 0.3) is 0 Å². The van der Waals surface area contributed by atoms with Crippen molar-refractivity contribution in [3.63, 3.8) is 0 Å². The molecule has 0 aliphatic carbocycles. The minimum absolute atomic E-state index is 0.689. The highest BCUT2D eigenvalue weighted by Gasteiger charge is 2.07. The van der Waals surface area contributed by atoms with E-state index in [0.717, 1.165) is 24.6 Å². The highest BCUT2D eigenvalue weighted by molar-refractivity contribution is 5.43. The maximum absolute atomic E-state index is 5.74. The Hall–Kier alpha value is -2.00. The van der Waals surface area contributed by atoms with E-state index in [1.54, 1.807) is 7.11 Å². The van der Waals surface area contributed by atoms with Crippen molar-refractivity contribution in [1.82, 2.24) is 4.90 Å². The van der Waals surface area contributed by atoms with Crippen molar-refractivity contribution in [2.45, 2.75) is 20.4 Å². The van der Waals surface area contributed by atoms with E-state index in [1.165, 1.54) is 16.7 Å². The molecule has 0 aliphatic heterocycles. The number of aryl methyl sites for hydroxylation is 2. The molecule has 0 N–H and O–H groups in total. The number of likely N-dealkylation sites (N-methyl/N-ethyl adjacent to an activating group) is 1. The predicted molar refractivity (Wildman–Crippen MR) is 90.7 cm³/mol. The van der Waals surface area contributed by atoms with Gasteiger partial charge in [-0.25, -0.2) is 0 Å². The van der Waals surface area contributed by atoms with E-state index in [-0.39, 0.29) is 0 Å². The average Bonchev–Trinajstić information content (AvgIpc) is 2.48. The minimum atomic E-state index is 0.689. The molecule has 22 heavy (non-hydrogen) atoms. The van der Waals surface area contributed by atoms with E-state index in [4.69, 9.17) is 9.47 Å². The number of benzene rings is 2. The Kier molecular flexibility index (Phi) is 5.84. The molecular formula is C19H25NO2. The van der Waals surface area contributed by atoms with E-state index < -0.39 is 0 Å². The molecule has 0 aromatic heterocycles. The van der Waals surface area contributed by atoms with Gasteiger partial charge in [-0.3, -0.25) is 4.90 Å². The number of rotatable bonds is 7. The summed E-state index contributed by atoms with van der Waals surface area (Å²) in [5.74, 6) is 1.91. The van der Waals surface area contributed by atoms with Crippen molar-refractivity contribution < 1.29 is 9.47 Å². The highest BCUT2D eigenvalue weighted by atomic mass is 16.5. The molecule has 0 atom stereocenters. The number of hydrogen-bond acceptors (Lipinski definition) is 3. The van der Waals surface area contributed by atoms with Crippen molar-refractivity contribution in [2.24, 2.45) is 0 Å². The zero-order valence-corrected chi connectivity index (χ0v) is 13.9. The Morgan fingerprint density at radius 2 is 1.64 bits per heavy atom. The van der Waals surface area contributed by atoms with Gasteiger partial charge < -0.3 is 9.47 Å². The second kappa shape index (κ2) is 7.85. The first-order valence-electron chi connectivity index (χ1n) is 7.60. The van der Waals surface area contributed by atoms with E-state index in [1.807, 2.05) is 30.3 Å². The number of methoxy groups -OCH3 is 1. The fourth-order valence-corrected chi connectivity index (χ4v) is 2.68. The van der Waals surface area contributed by atoms with Gasteiger partial charge in [-0.05, 0) is 49.7 Å². The van der Waals surface area contributed by atoms with Gasteiger partial charge in [0.05, 0.1) is 7.11 Å². The van der Waals surface area contributed by atoms with E-state index in [9.17, 15) is 0 Å². The summed E-state index contributed by atoms with van der Waals surface area (Å²) in [5, 5.41) is 0. The maximum atomic E-state index is 5.74. The summed E-state index contributed by atoms with van der Waals surface area (Å²) in [6, 6.07) is 14.3. The first kappa shape index (κ1) is 16.4. The summed E-state index contributed by atoms with van der Waals surface area (Å²) >= 11 is 0. The van der Waals surface area contributed by atoms with Crippen LogP contribution in [0.3, 0.4) is 0 Å². The van der Waals surface area contributed by atoms with Crippen molar-refractivity contribution in [2.75, 3.05) is 27.3 Å². The fourth-order valence-electron chi connectivity index (χ4n) is 2.68. The Labute approximate surface area is 133 Å². The summed E-state index contributed by atoms with van der Waals surface area (Å²) < 4.78 is 11.2. The molecule has 0 fully saturated rings. The summed E-state index contributed by atoms with van der Waals surface area (Å²) in [7, 11) is 3.84. The molecular weight excluding hydrogens is 274 g/mol. The van der Waals surface area contributed by atoms with Gasteiger partial charge in [0.25, 0.3) is 0 Å². The van der Waals surface area contributed by atoms with Gasteiger partial charge in [-0.15, -0.1) is 0 Å². The predicted octanol–water partition coefficient (Wildman–Crippen LogP) is 3.82. The standard InChI is InChI=1S/C19H25NO2/c1-15-12-17(13-16(2)19(15)21-4)14-20(3)10-11-22-18-8-6-5-7-9-18/h5-9,12-13H,10-11,14H2,1-4H3. The minimum Gasteiger partial charge on any atom is -0.496 e. The third-order valence-electron chi connectivity index (χ3n) is 3.66. The van der Waals surface area contributed by atoms with Gasteiger partial charge in [0.1, 0.15) is 18.1 Å². The quantitative estimate of drug-likeness (QED) is 0.775. The van der Waals surface area contributed by atoms with Crippen LogP contribution in [-0.2, 0) is 6.54 Å². The molecule has 0 aliphatic rings. The van der Waals surface area contributed by atoms with Crippen molar-refractivity contribution in [3.05, 3.63) is 59.2 Å². The molecule has 0 bridgehead atoms. The van der Waals surface area contributed by atoms with Gasteiger partial charge >= 0.3 is 0 Å². The molecule has 0 unspecified atom stereocenters. The lowest BCUT2D eigenvalue weighted by molar-refractivity contribution is 0.233. The molecule has 2 rings (SSSR count). The second-order valence-corrected chi connectivity index (χ2v) is 5.66. The molecule has 0 saturated heterocycles. The SMILES string of the molecule is COc1c(C)cc(CN(C)CCOc2ccccc2)cc1C. The Bertz CT molecular complexity index is 573. The molecule has 0 spiro atoms. The molecule has 118 valence electrons. The molecule has 0 amide bonds. The zero-order valence-electron chi connectivity index (χ0n) is 13.9. The van der Waals surface area contributed by atoms with Crippen LogP contribution in [0.15, 0.2) is 42.5 Å². The topological polar surface area (TPSA) is 21.7 Å². The lowest BCUT2D eigenvalue weighted by Crippen LogP contribution is -2.24. The summed E-state index contributed by atoms with van der Waals surface area (Å²) in [4.78, 5) is 2.27. The van der Waals surface area contributed by atoms with Gasteiger partial charge in [0, 0.05) is 13.1 Å². The molecule has 2 aromatic rings. The van der Waals surface area contributed by atoms with Crippen molar-refractivity contribution in [3.8, 4) is 11.5 Å². The largest absolute Gasteiger partial charge is 0.496 e. The number of hydrogen-bond donors (Lipinski definition) is 0. The molecule has 0 saturated carbocycles. The third kappa shape index (κ3) is 4.50. The van der Waals surface area contributed by atoms with E-state index in [0.29, 0.717) is 6.61 Å². The van der Waals surface area contributed by atoms with Crippen molar-refractivity contribution >= 4 is 0 Å². The number of ether oxygens (including phenoxy) is 2. The first-order valence-corrected chi connectivity index (χ1v) is 7.60. The van der Waals surface area contributed by atoms with Crippen LogP contribution in [0.2, 0.25) is 0 Å². The first-order chi connectivity index (χ1) is 10.6. The molecule has 0 heterocycles. The van der Waals surface area contributed by atoms with E-state index >= 15 is 0 Å². The monoisotopic (exact) mass is 299 g/mol. The van der Waals surface area contributed by atoms with Crippen LogP contribution in [0.4, 0.5) is 0 Å². The second-order valence-electron chi connectivity index (χ2n) is 5.66. The van der Waals surface area contributed by atoms with Gasteiger partial charge in [-0.2, -0.15) is 0 Å². The van der Waals surface area contributed by atoms with Crippen LogP contribution < -0.4 is 9.47 Å². The summed E-state index contributed by atoms with van der Waals surface area (Å²) in [6.07, 6.45) is 0. The molecule has 2 aromatic carbocycles. The zero-order chi connectivity index (χ0) is 15.9. The lowest BCUT2D eigenvalue weighted by atomic mass is 10.1. The van der Waals surface area contributed by atoms with Gasteiger partial charge in [0.15, 0.2) is 0 Å². The molecule has 0 radical (unpaired) electrons. The van der Waals surface area contributed by atoms with Crippen LogP contribution >= 0.6 is 0 Å². The fraction of sp³-hybridized carbons (Fsp3) is 0.368. The highest BCUT2D eigenvalue weighted by Crippen LogP contribution is 2.24. The number of nitrogens with zero attached hydrogens (tertiary/aromatic N) is 1. The van der Waals surface area contributed by atoms with Gasteiger partial charge in [-0.1, -0.05) is 30.3 Å². The molecule has 3 heteroatoms. The van der Waals surface area contributed by atoms with Crippen LogP contribution in [-0.4, -0.2) is 32.2 Å². The maximum Gasteiger partial charge on any atom is 0.124 e. The van der Waals surface area contributed by atoms with Crippen LogP contribution in [0.5, 0.6) is 11.5 Å². The Morgan fingerprint density at radius 3 is 2.23 bits per heavy atom. The third-order valence-corrected chi connectivity index (χ3v) is 3.66. The Morgan fingerprint density at radius 1 is 1.00 bits per heavy atom. The number of para-hydroxylation sites is 1. The summed E-state index contributed by atoms with van der Waals surface area (Å²) in [5.41, 5.74) is 3.68. The van der Waals surface area contributed by atoms with E-state index in [2.05, 4.69) is 37.9 Å². The molecule has 3 nitrogen and oxygen atoms in total. The Balaban J connectivity index is 1.85.